The Morgan fingerprint density at radius 1 is 1.14 bits per heavy atom. The maximum absolute atomic E-state index is 12.7. The molecule has 6 nitrogen and oxygen atoms in total. The molecule has 0 saturated carbocycles. The van der Waals surface area contributed by atoms with Gasteiger partial charge in [0.25, 0.3) is 0 Å². The number of nitrogens with one attached hydrogen (secondary N) is 1. The summed E-state index contributed by atoms with van der Waals surface area (Å²) in [7, 11) is 0. The average Bonchev–Trinajstić information content (AvgIpc) is 3.08. The van der Waals surface area contributed by atoms with Crippen LogP contribution in [0.2, 0.25) is 4.34 Å². The van der Waals surface area contributed by atoms with Crippen molar-refractivity contribution in [2.45, 2.75) is 33.2 Å². The summed E-state index contributed by atoms with van der Waals surface area (Å²) in [6.07, 6.45) is 1.20. The van der Waals surface area contributed by atoms with Gasteiger partial charge in [-0.15, -0.1) is 11.3 Å². The number of likely N-dealkylation sites (tertiary alicyclic amines) is 1. The van der Waals surface area contributed by atoms with E-state index in [0.29, 0.717) is 31.5 Å². The van der Waals surface area contributed by atoms with Gasteiger partial charge < -0.3 is 15.1 Å². The number of thiophene rings is 1. The number of hydrogen-bond donors (Lipinski definition) is 1. The van der Waals surface area contributed by atoms with Crippen LogP contribution in [0.1, 0.15) is 38.1 Å². The SMILES string of the molecule is CC1CC(C)CN(C(=O)CN2CCN(C(=O)NC(C)c3ccc(Cl)s3)CC2)C1. The topological polar surface area (TPSA) is 55.9 Å². The van der Waals surface area contributed by atoms with Gasteiger partial charge >= 0.3 is 6.03 Å². The third-order valence-corrected chi connectivity index (χ3v) is 7.01. The molecule has 1 aromatic heterocycles. The van der Waals surface area contributed by atoms with Crippen LogP contribution >= 0.6 is 22.9 Å². The number of amides is 3. The highest BCUT2D eigenvalue weighted by Gasteiger charge is 2.28. The number of halogens is 1. The number of carbonyl (C=O) groups is 2. The van der Waals surface area contributed by atoms with Crippen molar-refractivity contribution in [3.8, 4) is 0 Å². The van der Waals surface area contributed by atoms with E-state index in [4.69, 9.17) is 11.6 Å². The van der Waals surface area contributed by atoms with E-state index < -0.39 is 0 Å². The summed E-state index contributed by atoms with van der Waals surface area (Å²) in [4.78, 5) is 32.3. The number of piperazine rings is 1. The van der Waals surface area contributed by atoms with Gasteiger partial charge in [0, 0.05) is 44.1 Å². The van der Waals surface area contributed by atoms with Gasteiger partial charge in [0.15, 0.2) is 0 Å². The van der Waals surface area contributed by atoms with Crippen LogP contribution in [0.4, 0.5) is 4.79 Å². The summed E-state index contributed by atoms with van der Waals surface area (Å²) < 4.78 is 0.729. The van der Waals surface area contributed by atoms with Crippen molar-refractivity contribution >= 4 is 34.9 Å². The summed E-state index contributed by atoms with van der Waals surface area (Å²) in [5, 5.41) is 3.04. The average molecular weight is 427 g/mol. The summed E-state index contributed by atoms with van der Waals surface area (Å²) >= 11 is 7.47. The first kappa shape index (κ1) is 21.4. The molecule has 1 aromatic rings. The maximum Gasteiger partial charge on any atom is 0.317 e. The first-order valence-electron chi connectivity index (χ1n) is 10.1. The minimum Gasteiger partial charge on any atom is -0.341 e. The molecule has 8 heteroatoms. The predicted octanol–water partition coefficient (Wildman–Crippen LogP) is 3.29. The first-order chi connectivity index (χ1) is 13.3. The van der Waals surface area contributed by atoms with Gasteiger partial charge in [-0.1, -0.05) is 25.4 Å². The molecule has 0 aromatic carbocycles. The van der Waals surface area contributed by atoms with E-state index in [9.17, 15) is 9.59 Å². The molecule has 3 unspecified atom stereocenters. The Morgan fingerprint density at radius 3 is 2.36 bits per heavy atom. The molecule has 3 rings (SSSR count). The lowest BCUT2D eigenvalue weighted by Crippen LogP contribution is -2.54. The molecule has 0 aliphatic carbocycles. The van der Waals surface area contributed by atoms with Gasteiger partial charge in [0.05, 0.1) is 16.9 Å². The molecular weight excluding hydrogens is 396 g/mol. The van der Waals surface area contributed by atoms with Gasteiger partial charge in [0.2, 0.25) is 5.91 Å². The third-order valence-electron chi connectivity index (χ3n) is 5.60. The van der Waals surface area contributed by atoms with Gasteiger partial charge in [0.1, 0.15) is 0 Å². The highest BCUT2D eigenvalue weighted by Crippen LogP contribution is 2.26. The number of nitrogens with zero attached hydrogens (tertiary/aromatic N) is 3. The van der Waals surface area contributed by atoms with Gasteiger partial charge in [-0.2, -0.15) is 0 Å². The lowest BCUT2D eigenvalue weighted by molar-refractivity contribution is -0.135. The summed E-state index contributed by atoms with van der Waals surface area (Å²) in [5.74, 6) is 1.38. The molecule has 2 aliphatic rings. The molecular formula is C20H31ClN4O2S. The maximum atomic E-state index is 12.7. The van der Waals surface area contributed by atoms with Crippen LogP contribution in [-0.4, -0.2) is 72.5 Å². The Morgan fingerprint density at radius 2 is 1.79 bits per heavy atom. The number of piperidine rings is 1. The molecule has 0 spiro atoms. The monoisotopic (exact) mass is 426 g/mol. The largest absolute Gasteiger partial charge is 0.341 e. The van der Waals surface area contributed by atoms with Crippen LogP contribution in [0.15, 0.2) is 12.1 Å². The number of urea groups is 1. The molecule has 3 heterocycles. The van der Waals surface area contributed by atoms with Gasteiger partial charge in [-0.25, -0.2) is 4.79 Å². The van der Waals surface area contributed by atoms with Crippen LogP contribution in [-0.2, 0) is 4.79 Å². The Labute approximate surface area is 176 Å². The molecule has 3 amide bonds. The minimum atomic E-state index is -0.0623. The zero-order chi connectivity index (χ0) is 20.3. The van der Waals surface area contributed by atoms with Crippen LogP contribution < -0.4 is 5.32 Å². The summed E-state index contributed by atoms with van der Waals surface area (Å²) in [6, 6.07) is 3.68. The smallest absolute Gasteiger partial charge is 0.317 e. The second kappa shape index (κ2) is 9.46. The van der Waals surface area contributed by atoms with Crippen molar-refractivity contribution in [3.63, 3.8) is 0 Å². The molecule has 0 radical (unpaired) electrons. The standard InChI is InChI=1S/C20H31ClN4O2S/c1-14-10-15(2)12-25(11-14)19(26)13-23-6-8-24(9-7-23)20(27)22-16(3)17-4-5-18(21)28-17/h4-5,14-16H,6-13H2,1-3H3,(H,22,27). The second-order valence-corrected chi connectivity index (χ2v) is 10.1. The van der Waals surface area contributed by atoms with E-state index >= 15 is 0 Å². The van der Waals surface area contributed by atoms with Crippen LogP contribution in [0.3, 0.4) is 0 Å². The molecule has 28 heavy (non-hydrogen) atoms. The number of rotatable bonds is 4. The zero-order valence-electron chi connectivity index (χ0n) is 17.0. The van der Waals surface area contributed by atoms with Crippen LogP contribution in [0.5, 0.6) is 0 Å². The molecule has 2 fully saturated rings. The lowest BCUT2D eigenvalue weighted by Gasteiger charge is -2.38. The summed E-state index contributed by atoms with van der Waals surface area (Å²) in [5.41, 5.74) is 0. The normalized spacial score (nSPS) is 24.9. The fourth-order valence-electron chi connectivity index (χ4n) is 4.18. The van der Waals surface area contributed by atoms with Crippen molar-refractivity contribution in [1.29, 1.82) is 0 Å². The van der Waals surface area contributed by atoms with Gasteiger partial charge in [-0.05, 0) is 37.3 Å². The molecule has 2 saturated heterocycles. The summed E-state index contributed by atoms with van der Waals surface area (Å²) in [6.45, 7) is 11.4. The number of hydrogen-bond acceptors (Lipinski definition) is 4. The first-order valence-corrected chi connectivity index (χ1v) is 11.3. The van der Waals surface area contributed by atoms with E-state index in [0.717, 1.165) is 35.4 Å². The molecule has 1 N–H and O–H groups in total. The fraction of sp³-hybridized carbons (Fsp3) is 0.700. The van der Waals surface area contributed by atoms with Crippen molar-refractivity contribution < 1.29 is 9.59 Å². The van der Waals surface area contributed by atoms with Crippen molar-refractivity contribution in [2.24, 2.45) is 11.8 Å². The Bertz CT molecular complexity index is 680. The third kappa shape index (κ3) is 5.61. The second-order valence-electron chi connectivity index (χ2n) is 8.32. The highest BCUT2D eigenvalue weighted by molar-refractivity contribution is 7.16. The Kier molecular flexibility index (Phi) is 7.23. The van der Waals surface area contributed by atoms with Crippen molar-refractivity contribution in [3.05, 3.63) is 21.3 Å². The highest BCUT2D eigenvalue weighted by atomic mass is 35.5. The zero-order valence-corrected chi connectivity index (χ0v) is 18.6. The van der Waals surface area contributed by atoms with E-state index in [-0.39, 0.29) is 18.0 Å². The molecule has 2 aliphatic heterocycles. The van der Waals surface area contributed by atoms with Crippen LogP contribution in [0.25, 0.3) is 0 Å². The van der Waals surface area contributed by atoms with Crippen LogP contribution in [0, 0.1) is 11.8 Å². The molecule has 0 bridgehead atoms. The quantitative estimate of drug-likeness (QED) is 0.803. The molecule has 156 valence electrons. The Balaban J connectivity index is 1.42. The predicted molar refractivity (Wildman–Crippen MR) is 114 cm³/mol. The minimum absolute atomic E-state index is 0.0540. The number of carbonyl (C=O) groups excluding carboxylic acids is 2. The fourth-order valence-corrected chi connectivity index (χ4v) is 5.24. The molecule has 3 atom stereocenters. The Hall–Kier alpha value is -1.31. The van der Waals surface area contributed by atoms with E-state index in [1.807, 2.05) is 28.9 Å². The lowest BCUT2D eigenvalue weighted by atomic mass is 9.92. The van der Waals surface area contributed by atoms with Gasteiger partial charge in [-0.3, -0.25) is 9.69 Å². The van der Waals surface area contributed by atoms with E-state index in [1.165, 1.54) is 17.8 Å². The van der Waals surface area contributed by atoms with E-state index in [1.54, 1.807) is 0 Å². The van der Waals surface area contributed by atoms with Crippen molar-refractivity contribution in [2.75, 3.05) is 45.8 Å². The van der Waals surface area contributed by atoms with E-state index in [2.05, 4.69) is 24.1 Å². The van der Waals surface area contributed by atoms with Crippen molar-refractivity contribution in [1.82, 2.24) is 20.0 Å².